The van der Waals surface area contributed by atoms with Crippen molar-refractivity contribution in [1.82, 2.24) is 9.88 Å². The summed E-state index contributed by atoms with van der Waals surface area (Å²) < 4.78 is 2.35. The maximum absolute atomic E-state index is 3.53. The summed E-state index contributed by atoms with van der Waals surface area (Å²) in [4.78, 5) is 0. The summed E-state index contributed by atoms with van der Waals surface area (Å²) in [5.74, 6) is 0. The molecule has 0 saturated heterocycles. The predicted molar refractivity (Wildman–Crippen MR) is 74.4 cm³/mol. The second-order valence-electron chi connectivity index (χ2n) is 4.79. The van der Waals surface area contributed by atoms with Gasteiger partial charge in [-0.25, -0.2) is 0 Å². The number of para-hydroxylation sites is 1. The van der Waals surface area contributed by atoms with Crippen LogP contribution < -0.4 is 5.32 Å². The van der Waals surface area contributed by atoms with Gasteiger partial charge in [0.1, 0.15) is 0 Å². The molecular formula is C15H22N2. The van der Waals surface area contributed by atoms with Gasteiger partial charge in [0.05, 0.1) is 0 Å². The Hall–Kier alpha value is -1.28. The Morgan fingerprint density at radius 1 is 1.29 bits per heavy atom. The molecule has 0 amide bonds. The van der Waals surface area contributed by atoms with E-state index in [0.29, 0.717) is 6.04 Å². The van der Waals surface area contributed by atoms with E-state index >= 15 is 0 Å². The molecule has 0 aliphatic rings. The van der Waals surface area contributed by atoms with Gasteiger partial charge in [-0.15, -0.1) is 0 Å². The molecule has 0 fully saturated rings. The van der Waals surface area contributed by atoms with Crippen molar-refractivity contribution in [2.75, 3.05) is 6.54 Å². The lowest BCUT2D eigenvalue weighted by atomic mass is 10.2. The summed E-state index contributed by atoms with van der Waals surface area (Å²) >= 11 is 0. The molecule has 1 unspecified atom stereocenters. The van der Waals surface area contributed by atoms with E-state index in [1.807, 2.05) is 0 Å². The summed E-state index contributed by atoms with van der Waals surface area (Å²) in [6.07, 6.45) is 3.44. The molecule has 1 heterocycles. The lowest BCUT2D eigenvalue weighted by Gasteiger charge is -2.12. The molecular weight excluding hydrogens is 208 g/mol. The Bertz CT molecular complexity index is 485. The van der Waals surface area contributed by atoms with Crippen molar-refractivity contribution in [3.05, 3.63) is 36.0 Å². The van der Waals surface area contributed by atoms with Gasteiger partial charge in [0.15, 0.2) is 0 Å². The fourth-order valence-electron chi connectivity index (χ4n) is 2.19. The quantitative estimate of drug-likeness (QED) is 0.833. The Morgan fingerprint density at radius 2 is 2.06 bits per heavy atom. The molecule has 92 valence electrons. The molecule has 2 nitrogen and oxygen atoms in total. The van der Waals surface area contributed by atoms with Gasteiger partial charge in [-0.3, -0.25) is 0 Å². The Morgan fingerprint density at radius 3 is 2.82 bits per heavy atom. The summed E-state index contributed by atoms with van der Waals surface area (Å²) in [5.41, 5.74) is 2.71. The molecule has 0 radical (unpaired) electrons. The Balaban J connectivity index is 2.09. The first kappa shape index (κ1) is 12.2. The molecule has 0 saturated carbocycles. The summed E-state index contributed by atoms with van der Waals surface area (Å²) in [6, 6.07) is 9.23. The van der Waals surface area contributed by atoms with Crippen molar-refractivity contribution in [3.63, 3.8) is 0 Å². The van der Waals surface area contributed by atoms with Crippen molar-refractivity contribution in [2.45, 2.75) is 39.8 Å². The molecule has 1 atom stereocenters. The third kappa shape index (κ3) is 2.70. The molecule has 2 aromatic rings. The van der Waals surface area contributed by atoms with E-state index in [-0.39, 0.29) is 0 Å². The number of hydrogen-bond acceptors (Lipinski definition) is 1. The smallest absolute Gasteiger partial charge is 0.0483 e. The lowest BCUT2D eigenvalue weighted by molar-refractivity contribution is 0.509. The molecule has 0 aliphatic carbocycles. The van der Waals surface area contributed by atoms with E-state index in [9.17, 15) is 0 Å². The van der Waals surface area contributed by atoms with Gasteiger partial charge in [0.25, 0.3) is 0 Å². The molecule has 1 aromatic heterocycles. The summed E-state index contributed by atoms with van der Waals surface area (Å²) in [6.45, 7) is 8.71. The van der Waals surface area contributed by atoms with Crippen LogP contribution in [0.25, 0.3) is 10.9 Å². The molecule has 1 N–H and O–H groups in total. The molecule has 0 aliphatic heterocycles. The number of aryl methyl sites for hydroxylation is 1. The van der Waals surface area contributed by atoms with Gasteiger partial charge in [0.2, 0.25) is 0 Å². The normalized spacial score (nSPS) is 13.1. The fourth-order valence-corrected chi connectivity index (χ4v) is 2.19. The van der Waals surface area contributed by atoms with E-state index in [1.165, 1.54) is 22.9 Å². The highest BCUT2D eigenvalue weighted by Gasteiger charge is 2.04. The largest absolute Gasteiger partial charge is 0.346 e. The van der Waals surface area contributed by atoms with Crippen LogP contribution in [0.4, 0.5) is 0 Å². The van der Waals surface area contributed by atoms with Crippen LogP contribution in [0.5, 0.6) is 0 Å². The molecule has 1 aromatic carbocycles. The average molecular weight is 230 g/mol. The maximum Gasteiger partial charge on any atom is 0.0483 e. The minimum absolute atomic E-state index is 0.609. The molecule has 0 spiro atoms. The standard InChI is InChI=1S/C15H22N2/c1-4-13(3)16-9-10-17-11-12(2)14-7-5-6-8-15(14)17/h5-8,11,13,16H,4,9-10H2,1-3H3. The van der Waals surface area contributed by atoms with E-state index in [1.54, 1.807) is 0 Å². The first-order valence-electron chi connectivity index (χ1n) is 6.50. The van der Waals surface area contributed by atoms with Crippen LogP contribution in [0.1, 0.15) is 25.8 Å². The zero-order valence-electron chi connectivity index (χ0n) is 11.0. The van der Waals surface area contributed by atoms with Crippen molar-refractivity contribution in [3.8, 4) is 0 Å². The first-order valence-corrected chi connectivity index (χ1v) is 6.50. The maximum atomic E-state index is 3.53. The van der Waals surface area contributed by atoms with E-state index in [2.05, 4.69) is 61.1 Å². The van der Waals surface area contributed by atoms with Gasteiger partial charge in [-0.05, 0) is 31.9 Å². The van der Waals surface area contributed by atoms with E-state index in [0.717, 1.165) is 13.1 Å². The van der Waals surface area contributed by atoms with Crippen LogP contribution in [-0.4, -0.2) is 17.2 Å². The second-order valence-corrected chi connectivity index (χ2v) is 4.79. The fraction of sp³-hybridized carbons (Fsp3) is 0.467. The van der Waals surface area contributed by atoms with E-state index < -0.39 is 0 Å². The lowest BCUT2D eigenvalue weighted by Crippen LogP contribution is -2.28. The van der Waals surface area contributed by atoms with Gasteiger partial charge >= 0.3 is 0 Å². The van der Waals surface area contributed by atoms with Gasteiger partial charge in [-0.2, -0.15) is 0 Å². The first-order chi connectivity index (χ1) is 8.22. The summed E-state index contributed by atoms with van der Waals surface area (Å²) in [7, 11) is 0. The van der Waals surface area contributed by atoms with Gasteiger partial charge < -0.3 is 9.88 Å². The number of fused-ring (bicyclic) bond motifs is 1. The van der Waals surface area contributed by atoms with Crippen LogP contribution in [0.2, 0.25) is 0 Å². The average Bonchev–Trinajstić information content (AvgIpc) is 2.67. The highest BCUT2D eigenvalue weighted by atomic mass is 15.0. The van der Waals surface area contributed by atoms with Crippen LogP contribution in [0.3, 0.4) is 0 Å². The molecule has 0 bridgehead atoms. The minimum atomic E-state index is 0.609. The van der Waals surface area contributed by atoms with E-state index in [4.69, 9.17) is 0 Å². The van der Waals surface area contributed by atoms with Gasteiger partial charge in [0, 0.05) is 36.2 Å². The van der Waals surface area contributed by atoms with Gasteiger partial charge in [-0.1, -0.05) is 25.1 Å². The monoisotopic (exact) mass is 230 g/mol. The zero-order chi connectivity index (χ0) is 12.3. The van der Waals surface area contributed by atoms with Crippen molar-refractivity contribution >= 4 is 10.9 Å². The van der Waals surface area contributed by atoms with Crippen LogP contribution >= 0.6 is 0 Å². The SMILES string of the molecule is CCC(C)NCCn1cc(C)c2ccccc21. The molecule has 2 rings (SSSR count). The number of aromatic nitrogens is 1. The van der Waals surface area contributed by atoms with Crippen molar-refractivity contribution in [1.29, 1.82) is 0 Å². The van der Waals surface area contributed by atoms with Crippen LogP contribution in [0, 0.1) is 6.92 Å². The topological polar surface area (TPSA) is 17.0 Å². The number of nitrogens with zero attached hydrogens (tertiary/aromatic N) is 1. The minimum Gasteiger partial charge on any atom is -0.346 e. The highest BCUT2D eigenvalue weighted by molar-refractivity contribution is 5.83. The number of rotatable bonds is 5. The number of benzene rings is 1. The van der Waals surface area contributed by atoms with Crippen LogP contribution in [-0.2, 0) is 6.54 Å². The van der Waals surface area contributed by atoms with Crippen molar-refractivity contribution < 1.29 is 0 Å². The third-order valence-corrected chi connectivity index (χ3v) is 3.45. The van der Waals surface area contributed by atoms with Crippen molar-refractivity contribution in [2.24, 2.45) is 0 Å². The molecule has 17 heavy (non-hydrogen) atoms. The summed E-state index contributed by atoms with van der Waals surface area (Å²) in [5, 5.41) is 4.91. The zero-order valence-corrected chi connectivity index (χ0v) is 11.0. The Labute approximate surface area is 104 Å². The number of nitrogens with one attached hydrogen (secondary N) is 1. The predicted octanol–water partition coefficient (Wildman–Crippen LogP) is 3.34. The highest BCUT2D eigenvalue weighted by Crippen LogP contribution is 2.19. The number of hydrogen-bond donors (Lipinski definition) is 1. The third-order valence-electron chi connectivity index (χ3n) is 3.45. The van der Waals surface area contributed by atoms with Crippen LogP contribution in [0.15, 0.2) is 30.5 Å². The Kier molecular flexibility index (Phi) is 3.85. The molecule has 2 heteroatoms. The second kappa shape index (κ2) is 5.37.